The molecule has 3 heterocycles. The first-order valence-corrected chi connectivity index (χ1v) is 11.4. The number of piperazine rings is 1. The van der Waals surface area contributed by atoms with Gasteiger partial charge in [-0.2, -0.15) is 5.26 Å². The van der Waals surface area contributed by atoms with E-state index in [-0.39, 0.29) is 41.4 Å². The van der Waals surface area contributed by atoms with Gasteiger partial charge in [0.1, 0.15) is 0 Å². The van der Waals surface area contributed by atoms with E-state index in [0.717, 1.165) is 11.2 Å². The maximum atomic E-state index is 14.7. The first kappa shape index (κ1) is 25.4. The van der Waals surface area contributed by atoms with Gasteiger partial charge in [0, 0.05) is 56.8 Å². The summed E-state index contributed by atoms with van der Waals surface area (Å²) >= 11 is 0. The molecular formula is C23H26FN11O2. The van der Waals surface area contributed by atoms with Gasteiger partial charge in [-0.15, -0.1) is 0 Å². The van der Waals surface area contributed by atoms with E-state index in [1.54, 1.807) is 12.2 Å². The largest absolute Gasteiger partial charge is 0.403 e. The van der Waals surface area contributed by atoms with Crippen molar-refractivity contribution in [1.82, 2.24) is 25.2 Å². The summed E-state index contributed by atoms with van der Waals surface area (Å²) in [7, 11) is 0. The van der Waals surface area contributed by atoms with Crippen molar-refractivity contribution >= 4 is 34.4 Å². The standard InChI is InChI=1S/C23H26FN11O2/c24-17-13-30-21(35(28)5-4-25)19-18(17)16(12-29-19)20(36)22(37)33-6-8-34(9-7-33)23(32-27)31-15-3-1-2-14(10-15)11-26/h1-5,12-13,15,29H,6-10,25,27-28H2,(H,31,32)/b5-4-. The van der Waals surface area contributed by atoms with Crippen molar-refractivity contribution in [2.45, 2.75) is 12.5 Å². The summed E-state index contributed by atoms with van der Waals surface area (Å²) in [6, 6.07) is 1.88. The number of allylic oxidation sites excluding steroid dienone is 2. The zero-order chi connectivity index (χ0) is 26.5. The Morgan fingerprint density at radius 1 is 1.32 bits per heavy atom. The van der Waals surface area contributed by atoms with E-state index in [4.69, 9.17) is 22.7 Å². The number of hydrazine groups is 2. The van der Waals surface area contributed by atoms with Gasteiger partial charge in [-0.25, -0.2) is 26.1 Å². The SMILES string of the molecule is N#CC1=CC=CC(N=C(NN)N2CCN(C(=O)C(=O)c3c[nH]c4c(N(N)/C=C\N)ncc(F)c34)CC2)C1. The molecule has 0 bridgehead atoms. The van der Waals surface area contributed by atoms with Gasteiger partial charge in [0.2, 0.25) is 5.96 Å². The number of aliphatic imine (C=N–C) groups is 1. The van der Waals surface area contributed by atoms with E-state index >= 15 is 0 Å². The van der Waals surface area contributed by atoms with Crippen LogP contribution in [0, 0.1) is 17.1 Å². The van der Waals surface area contributed by atoms with Crippen molar-refractivity contribution in [3.63, 3.8) is 0 Å². The van der Waals surface area contributed by atoms with Crippen molar-refractivity contribution in [3.8, 4) is 6.07 Å². The lowest BCUT2D eigenvalue weighted by molar-refractivity contribution is -0.127. The number of nitrogens with one attached hydrogen (secondary N) is 2. The molecule has 8 N–H and O–H groups in total. The second-order valence-electron chi connectivity index (χ2n) is 8.30. The molecule has 0 spiro atoms. The van der Waals surface area contributed by atoms with Gasteiger partial charge in [0.25, 0.3) is 11.7 Å². The van der Waals surface area contributed by atoms with Crippen LogP contribution in [0.2, 0.25) is 0 Å². The third kappa shape index (κ3) is 5.13. The molecule has 2 aromatic heterocycles. The maximum absolute atomic E-state index is 14.7. The smallest absolute Gasteiger partial charge is 0.295 e. The Morgan fingerprint density at radius 3 is 2.73 bits per heavy atom. The minimum atomic E-state index is -0.859. The number of amides is 1. The van der Waals surface area contributed by atoms with Crippen LogP contribution in [0.5, 0.6) is 0 Å². The summed E-state index contributed by atoms with van der Waals surface area (Å²) in [4.78, 5) is 40.7. The van der Waals surface area contributed by atoms with Gasteiger partial charge in [0.05, 0.1) is 34.8 Å². The molecule has 1 atom stereocenters. The Hall–Kier alpha value is -4.74. The van der Waals surface area contributed by atoms with Crippen molar-refractivity contribution in [1.29, 1.82) is 5.26 Å². The van der Waals surface area contributed by atoms with E-state index in [9.17, 15) is 14.0 Å². The molecule has 1 amide bonds. The number of aromatic amines is 1. The number of nitriles is 1. The topological polar surface area (TPSA) is 199 Å². The molecule has 13 nitrogen and oxygen atoms in total. The number of rotatable bonds is 5. The predicted octanol–water partition coefficient (Wildman–Crippen LogP) is -0.263. The van der Waals surface area contributed by atoms with E-state index in [1.165, 1.54) is 23.5 Å². The number of carbonyl (C=O) groups is 2. The van der Waals surface area contributed by atoms with E-state index in [2.05, 4.69) is 26.5 Å². The number of H-pyrrole nitrogens is 1. The van der Waals surface area contributed by atoms with Crippen LogP contribution < -0.4 is 27.9 Å². The van der Waals surface area contributed by atoms with Crippen LogP contribution in [0.1, 0.15) is 16.8 Å². The first-order chi connectivity index (χ1) is 17.9. The van der Waals surface area contributed by atoms with Crippen LogP contribution in [0.15, 0.2) is 53.6 Å². The molecule has 1 unspecified atom stereocenters. The Kier molecular flexibility index (Phi) is 7.47. The molecule has 2 aromatic rings. The zero-order valence-corrected chi connectivity index (χ0v) is 19.8. The molecule has 0 radical (unpaired) electrons. The van der Waals surface area contributed by atoms with E-state index in [1.807, 2.05) is 11.0 Å². The number of hydrogen-bond donors (Lipinski definition) is 5. The summed E-state index contributed by atoms with van der Waals surface area (Å²) in [6.07, 6.45) is 10.5. The average Bonchev–Trinajstić information content (AvgIpc) is 3.37. The molecule has 0 saturated carbocycles. The number of Topliss-reactive ketones (excluding diaryl/α,β-unsaturated/α-hetero) is 1. The Morgan fingerprint density at radius 2 is 2.05 bits per heavy atom. The zero-order valence-electron chi connectivity index (χ0n) is 19.8. The number of fused-ring (bicyclic) bond motifs is 1. The molecule has 14 heteroatoms. The highest BCUT2D eigenvalue weighted by molar-refractivity contribution is 6.45. The highest BCUT2D eigenvalue weighted by Gasteiger charge is 2.31. The van der Waals surface area contributed by atoms with Gasteiger partial charge in [-0.05, 0) is 6.08 Å². The molecule has 1 fully saturated rings. The summed E-state index contributed by atoms with van der Waals surface area (Å²) in [5, 5.41) is 10.1. The molecule has 1 aliphatic heterocycles. The summed E-state index contributed by atoms with van der Waals surface area (Å²) < 4.78 is 14.7. The molecule has 1 saturated heterocycles. The third-order valence-corrected chi connectivity index (χ3v) is 6.06. The summed E-state index contributed by atoms with van der Waals surface area (Å²) in [5.74, 6) is 9.70. The second kappa shape index (κ2) is 10.9. The van der Waals surface area contributed by atoms with Gasteiger partial charge >= 0.3 is 0 Å². The fraction of sp³-hybridized carbons (Fsp3) is 0.261. The summed E-state index contributed by atoms with van der Waals surface area (Å²) in [6.45, 7) is 1.18. The van der Waals surface area contributed by atoms with Crippen molar-refractivity contribution in [2.75, 3.05) is 31.2 Å². The molecule has 1 aliphatic carbocycles. The quantitative estimate of drug-likeness (QED) is 0.0897. The van der Waals surface area contributed by atoms with Crippen molar-refractivity contribution in [3.05, 3.63) is 60.0 Å². The number of anilines is 1. The van der Waals surface area contributed by atoms with Gasteiger partial charge in [0.15, 0.2) is 11.6 Å². The molecule has 0 aromatic carbocycles. The Labute approximate surface area is 211 Å². The minimum Gasteiger partial charge on any atom is -0.403 e. The Bertz CT molecular complexity index is 1360. The number of ketones is 1. The normalized spacial score (nSPS) is 18.2. The van der Waals surface area contributed by atoms with Crippen molar-refractivity contribution < 1.29 is 14.0 Å². The van der Waals surface area contributed by atoms with Crippen LogP contribution in [0.25, 0.3) is 10.9 Å². The number of carbonyl (C=O) groups excluding carboxylic acids is 2. The number of pyridine rings is 1. The van der Waals surface area contributed by atoms with Crippen LogP contribution in [0.4, 0.5) is 10.2 Å². The van der Waals surface area contributed by atoms with Crippen LogP contribution in [-0.4, -0.2) is 69.6 Å². The molecule has 192 valence electrons. The lowest BCUT2D eigenvalue weighted by Crippen LogP contribution is -2.56. The predicted molar refractivity (Wildman–Crippen MR) is 135 cm³/mol. The van der Waals surface area contributed by atoms with Crippen molar-refractivity contribution in [2.24, 2.45) is 22.4 Å². The van der Waals surface area contributed by atoms with Gasteiger partial charge in [-0.3, -0.25) is 20.0 Å². The molecule has 4 rings (SSSR count). The molecule has 37 heavy (non-hydrogen) atoms. The van der Waals surface area contributed by atoms with Crippen LogP contribution in [-0.2, 0) is 4.79 Å². The lowest BCUT2D eigenvalue weighted by atomic mass is 10.0. The second-order valence-corrected chi connectivity index (χ2v) is 8.30. The maximum Gasteiger partial charge on any atom is 0.295 e. The Balaban J connectivity index is 1.46. The lowest BCUT2D eigenvalue weighted by Gasteiger charge is -2.36. The van der Waals surface area contributed by atoms with Gasteiger partial charge in [-0.1, -0.05) is 12.2 Å². The summed E-state index contributed by atoms with van der Waals surface area (Å²) in [5.41, 5.74) is 8.59. The van der Waals surface area contributed by atoms with Gasteiger partial charge < -0.3 is 20.5 Å². The average molecular weight is 508 g/mol. The number of nitrogens with two attached hydrogens (primary N) is 3. The number of hydrogen-bond acceptors (Lipinski definition) is 9. The molecule has 2 aliphatic rings. The monoisotopic (exact) mass is 507 g/mol. The fourth-order valence-electron chi connectivity index (χ4n) is 4.21. The number of guanidine groups is 1. The number of nitrogens with zero attached hydrogens (tertiary/aromatic N) is 6. The first-order valence-electron chi connectivity index (χ1n) is 11.4. The highest BCUT2D eigenvalue weighted by Crippen LogP contribution is 2.28. The highest BCUT2D eigenvalue weighted by atomic mass is 19.1. The fourth-order valence-corrected chi connectivity index (χ4v) is 4.21. The molecular weight excluding hydrogens is 481 g/mol. The van der Waals surface area contributed by atoms with Crippen LogP contribution in [0.3, 0.4) is 0 Å². The minimum absolute atomic E-state index is 0.0871. The van der Waals surface area contributed by atoms with Crippen LogP contribution >= 0.6 is 0 Å². The number of aromatic nitrogens is 2. The van der Waals surface area contributed by atoms with E-state index in [0.29, 0.717) is 31.0 Å². The third-order valence-electron chi connectivity index (χ3n) is 6.06. The number of halogens is 1. The van der Waals surface area contributed by atoms with E-state index < -0.39 is 17.5 Å².